The highest BCUT2D eigenvalue weighted by Gasteiger charge is 2.18. The van der Waals surface area contributed by atoms with E-state index in [1.165, 1.54) is 0 Å². The normalized spacial score (nSPS) is 10.3. The van der Waals surface area contributed by atoms with Crippen molar-refractivity contribution < 1.29 is 9.53 Å². The SMILES string of the molecule is COc1cc(C)cc(C)c1C(=O)c1cc(C)ccn1. The predicted octanol–water partition coefficient (Wildman–Crippen LogP) is 3.25. The van der Waals surface area contributed by atoms with E-state index in [1.807, 2.05) is 39.0 Å². The fourth-order valence-electron chi connectivity index (χ4n) is 2.17. The van der Waals surface area contributed by atoms with Crippen molar-refractivity contribution in [1.82, 2.24) is 4.98 Å². The molecule has 0 saturated heterocycles. The van der Waals surface area contributed by atoms with Crippen LogP contribution in [0.4, 0.5) is 0 Å². The third-order valence-corrected chi connectivity index (χ3v) is 3.04. The first-order valence-corrected chi connectivity index (χ1v) is 6.15. The van der Waals surface area contributed by atoms with Crippen molar-refractivity contribution in [3.63, 3.8) is 0 Å². The van der Waals surface area contributed by atoms with E-state index in [9.17, 15) is 4.79 Å². The Labute approximate surface area is 113 Å². The first-order chi connectivity index (χ1) is 9.02. The van der Waals surface area contributed by atoms with Crippen molar-refractivity contribution in [2.45, 2.75) is 20.8 Å². The van der Waals surface area contributed by atoms with E-state index in [4.69, 9.17) is 4.74 Å². The van der Waals surface area contributed by atoms with E-state index < -0.39 is 0 Å². The number of pyridine rings is 1. The Bertz CT molecular complexity index is 633. The van der Waals surface area contributed by atoms with Crippen molar-refractivity contribution in [2.24, 2.45) is 0 Å². The maximum Gasteiger partial charge on any atom is 0.215 e. The molecule has 0 aliphatic heterocycles. The maximum absolute atomic E-state index is 12.6. The molecule has 0 saturated carbocycles. The summed E-state index contributed by atoms with van der Waals surface area (Å²) < 4.78 is 5.33. The molecular formula is C16H17NO2. The number of benzene rings is 1. The van der Waals surface area contributed by atoms with Crippen LogP contribution in [0.15, 0.2) is 30.5 Å². The minimum atomic E-state index is -0.0990. The zero-order valence-electron chi connectivity index (χ0n) is 11.7. The van der Waals surface area contributed by atoms with Gasteiger partial charge in [0.05, 0.1) is 12.7 Å². The highest BCUT2D eigenvalue weighted by Crippen LogP contribution is 2.26. The molecule has 0 amide bonds. The highest BCUT2D eigenvalue weighted by molar-refractivity contribution is 6.10. The van der Waals surface area contributed by atoms with Crippen molar-refractivity contribution in [1.29, 1.82) is 0 Å². The quantitative estimate of drug-likeness (QED) is 0.790. The molecule has 0 bridgehead atoms. The summed E-state index contributed by atoms with van der Waals surface area (Å²) in [4.78, 5) is 16.7. The number of hydrogen-bond acceptors (Lipinski definition) is 3. The van der Waals surface area contributed by atoms with Gasteiger partial charge in [-0.2, -0.15) is 0 Å². The zero-order valence-corrected chi connectivity index (χ0v) is 11.7. The summed E-state index contributed by atoms with van der Waals surface area (Å²) >= 11 is 0. The summed E-state index contributed by atoms with van der Waals surface area (Å²) in [7, 11) is 1.58. The topological polar surface area (TPSA) is 39.2 Å². The second-order valence-electron chi connectivity index (χ2n) is 4.71. The first kappa shape index (κ1) is 13.3. The lowest BCUT2D eigenvalue weighted by Crippen LogP contribution is -2.09. The summed E-state index contributed by atoms with van der Waals surface area (Å²) in [5.41, 5.74) is 4.03. The number of aromatic nitrogens is 1. The largest absolute Gasteiger partial charge is 0.496 e. The van der Waals surface area contributed by atoms with Gasteiger partial charge in [0, 0.05) is 6.20 Å². The highest BCUT2D eigenvalue weighted by atomic mass is 16.5. The molecule has 3 heteroatoms. The summed E-state index contributed by atoms with van der Waals surface area (Å²) in [6, 6.07) is 7.51. The Morgan fingerprint density at radius 3 is 2.47 bits per heavy atom. The van der Waals surface area contributed by atoms with Crippen molar-refractivity contribution in [2.75, 3.05) is 7.11 Å². The average Bonchev–Trinajstić information content (AvgIpc) is 2.37. The lowest BCUT2D eigenvalue weighted by molar-refractivity contribution is 0.103. The molecule has 0 aliphatic rings. The zero-order chi connectivity index (χ0) is 14.0. The summed E-state index contributed by atoms with van der Waals surface area (Å²) in [5.74, 6) is 0.504. The van der Waals surface area contributed by atoms with Crippen LogP contribution in [0, 0.1) is 20.8 Å². The van der Waals surface area contributed by atoms with E-state index in [2.05, 4.69) is 4.98 Å². The minimum absolute atomic E-state index is 0.0990. The van der Waals surface area contributed by atoms with Crippen molar-refractivity contribution in [3.8, 4) is 5.75 Å². The Balaban J connectivity index is 2.56. The van der Waals surface area contributed by atoms with Gasteiger partial charge < -0.3 is 4.74 Å². The molecule has 1 aromatic heterocycles. The van der Waals surface area contributed by atoms with E-state index >= 15 is 0 Å². The molecule has 0 unspecified atom stereocenters. The van der Waals surface area contributed by atoms with Crippen LogP contribution in [0.1, 0.15) is 32.7 Å². The number of ketones is 1. The van der Waals surface area contributed by atoms with Gasteiger partial charge in [-0.05, 0) is 55.7 Å². The first-order valence-electron chi connectivity index (χ1n) is 6.15. The number of hydrogen-bond donors (Lipinski definition) is 0. The molecule has 0 atom stereocenters. The van der Waals surface area contributed by atoms with Crippen LogP contribution in [0.25, 0.3) is 0 Å². The Hall–Kier alpha value is -2.16. The van der Waals surface area contributed by atoms with E-state index in [1.54, 1.807) is 19.4 Å². The average molecular weight is 255 g/mol. The van der Waals surface area contributed by atoms with Crippen LogP contribution in [-0.2, 0) is 0 Å². The van der Waals surface area contributed by atoms with Gasteiger partial charge >= 0.3 is 0 Å². The van der Waals surface area contributed by atoms with E-state index in [-0.39, 0.29) is 5.78 Å². The molecule has 0 spiro atoms. The molecule has 98 valence electrons. The van der Waals surface area contributed by atoms with Crippen LogP contribution < -0.4 is 4.74 Å². The van der Waals surface area contributed by atoms with Crippen LogP contribution in [0.3, 0.4) is 0 Å². The smallest absolute Gasteiger partial charge is 0.215 e. The van der Waals surface area contributed by atoms with E-state index in [0.717, 1.165) is 16.7 Å². The second-order valence-corrected chi connectivity index (χ2v) is 4.71. The number of rotatable bonds is 3. The van der Waals surface area contributed by atoms with Gasteiger partial charge in [-0.3, -0.25) is 9.78 Å². The predicted molar refractivity (Wildman–Crippen MR) is 74.9 cm³/mol. The molecular weight excluding hydrogens is 238 g/mol. The number of methoxy groups -OCH3 is 1. The maximum atomic E-state index is 12.6. The molecule has 3 nitrogen and oxygen atoms in total. The number of aryl methyl sites for hydroxylation is 3. The molecule has 0 N–H and O–H groups in total. The monoisotopic (exact) mass is 255 g/mol. The van der Waals surface area contributed by atoms with Gasteiger partial charge in [-0.25, -0.2) is 0 Å². The van der Waals surface area contributed by atoms with Gasteiger partial charge in [0.15, 0.2) is 0 Å². The van der Waals surface area contributed by atoms with Gasteiger partial charge in [-0.1, -0.05) is 6.07 Å². The van der Waals surface area contributed by atoms with E-state index in [0.29, 0.717) is 17.0 Å². The lowest BCUT2D eigenvalue weighted by atomic mass is 9.98. The van der Waals surface area contributed by atoms with Gasteiger partial charge in [0.2, 0.25) is 5.78 Å². The number of carbonyl (C=O) groups excluding carboxylic acids is 1. The van der Waals surface area contributed by atoms with Crippen molar-refractivity contribution in [3.05, 3.63) is 58.4 Å². The third kappa shape index (κ3) is 2.65. The number of nitrogens with zero attached hydrogens (tertiary/aromatic N) is 1. The molecule has 2 rings (SSSR count). The minimum Gasteiger partial charge on any atom is -0.496 e. The summed E-state index contributed by atoms with van der Waals surface area (Å²) in [6.45, 7) is 5.84. The van der Waals surface area contributed by atoms with Crippen LogP contribution >= 0.6 is 0 Å². The Kier molecular flexibility index (Phi) is 3.65. The van der Waals surface area contributed by atoms with Crippen LogP contribution in [-0.4, -0.2) is 17.9 Å². The molecule has 1 heterocycles. The second kappa shape index (κ2) is 5.22. The van der Waals surface area contributed by atoms with Crippen LogP contribution in [0.2, 0.25) is 0 Å². The van der Waals surface area contributed by atoms with Crippen molar-refractivity contribution >= 4 is 5.78 Å². The molecule has 0 fully saturated rings. The van der Waals surface area contributed by atoms with Gasteiger partial charge in [-0.15, -0.1) is 0 Å². The van der Waals surface area contributed by atoms with Gasteiger partial charge in [0.25, 0.3) is 0 Å². The Morgan fingerprint density at radius 1 is 1.11 bits per heavy atom. The molecule has 0 radical (unpaired) electrons. The summed E-state index contributed by atoms with van der Waals surface area (Å²) in [6.07, 6.45) is 1.65. The molecule has 1 aromatic carbocycles. The standard InChI is InChI=1S/C16H17NO2/c1-10-5-6-17-13(8-10)16(18)15-12(3)7-11(2)9-14(15)19-4/h5-9H,1-4H3. The fraction of sp³-hybridized carbons (Fsp3) is 0.250. The number of ether oxygens (including phenoxy) is 1. The summed E-state index contributed by atoms with van der Waals surface area (Å²) in [5, 5.41) is 0. The molecule has 19 heavy (non-hydrogen) atoms. The molecule has 0 aliphatic carbocycles. The molecule has 2 aromatic rings. The van der Waals surface area contributed by atoms with Gasteiger partial charge in [0.1, 0.15) is 11.4 Å². The fourth-order valence-corrected chi connectivity index (χ4v) is 2.17. The number of carbonyl (C=O) groups is 1. The van der Waals surface area contributed by atoms with Crippen LogP contribution in [0.5, 0.6) is 5.75 Å². The lowest BCUT2D eigenvalue weighted by Gasteiger charge is -2.12. The third-order valence-electron chi connectivity index (χ3n) is 3.04. The Morgan fingerprint density at radius 2 is 1.84 bits per heavy atom.